The van der Waals surface area contributed by atoms with E-state index in [1.807, 2.05) is 12.1 Å². The molecule has 1 N–H and O–H groups in total. The highest BCUT2D eigenvalue weighted by Crippen LogP contribution is 2.35. The Morgan fingerprint density at radius 2 is 2.18 bits per heavy atom. The fourth-order valence-corrected chi connectivity index (χ4v) is 3.06. The van der Waals surface area contributed by atoms with E-state index in [1.54, 1.807) is 17.8 Å². The number of rotatable bonds is 7. The zero-order chi connectivity index (χ0) is 12.1. The van der Waals surface area contributed by atoms with Gasteiger partial charge >= 0.3 is 0 Å². The first kappa shape index (κ1) is 12.9. The number of thioether (sulfide) groups is 1. The normalized spacial score (nSPS) is 17.1. The molecule has 1 nitrogen and oxygen atoms in total. The lowest BCUT2D eigenvalue weighted by Gasteiger charge is -2.17. The van der Waals surface area contributed by atoms with Crippen molar-refractivity contribution < 1.29 is 4.39 Å². The minimum Gasteiger partial charge on any atom is -0.313 e. The van der Waals surface area contributed by atoms with E-state index >= 15 is 0 Å². The molecule has 94 valence electrons. The molecule has 1 atom stereocenters. The maximum atomic E-state index is 13.5. The highest BCUT2D eigenvalue weighted by molar-refractivity contribution is 7.99. The predicted octanol–water partition coefficient (Wildman–Crippen LogP) is 3.70. The second kappa shape index (κ2) is 6.41. The zero-order valence-corrected chi connectivity index (χ0v) is 11.1. The van der Waals surface area contributed by atoms with Crippen LogP contribution in [0.25, 0.3) is 0 Å². The zero-order valence-electron chi connectivity index (χ0n) is 10.3. The Hall–Kier alpha value is -0.540. The molecule has 0 bridgehead atoms. The number of benzene rings is 1. The summed E-state index contributed by atoms with van der Waals surface area (Å²) in [4.78, 5) is 0.774. The van der Waals surface area contributed by atoms with E-state index in [9.17, 15) is 4.39 Å². The van der Waals surface area contributed by atoms with Gasteiger partial charge in [0, 0.05) is 16.7 Å². The predicted molar refractivity (Wildman–Crippen MR) is 71.9 cm³/mol. The molecule has 0 radical (unpaired) electrons. The Morgan fingerprint density at radius 1 is 1.41 bits per heavy atom. The van der Waals surface area contributed by atoms with Gasteiger partial charge in [-0.3, -0.25) is 0 Å². The van der Waals surface area contributed by atoms with Gasteiger partial charge in [-0.25, -0.2) is 4.39 Å². The average Bonchev–Trinajstić information content (AvgIpc) is 3.15. The third-order valence-electron chi connectivity index (χ3n) is 3.10. The Kier molecular flexibility index (Phi) is 4.86. The van der Waals surface area contributed by atoms with Crippen molar-refractivity contribution >= 4 is 11.8 Å². The Morgan fingerprint density at radius 3 is 2.82 bits per heavy atom. The first-order valence-electron chi connectivity index (χ1n) is 6.42. The summed E-state index contributed by atoms with van der Waals surface area (Å²) in [7, 11) is 0. The molecule has 0 saturated heterocycles. The van der Waals surface area contributed by atoms with Crippen LogP contribution in [0, 0.1) is 11.7 Å². The summed E-state index contributed by atoms with van der Waals surface area (Å²) in [5.74, 6) is 1.70. The lowest BCUT2D eigenvalue weighted by atomic mass is 10.2. The second-order valence-corrected chi connectivity index (χ2v) is 5.70. The largest absolute Gasteiger partial charge is 0.313 e. The van der Waals surface area contributed by atoms with Crippen molar-refractivity contribution in [2.75, 3.05) is 12.3 Å². The van der Waals surface area contributed by atoms with Crippen molar-refractivity contribution in [1.29, 1.82) is 0 Å². The molecule has 0 aromatic heterocycles. The van der Waals surface area contributed by atoms with Gasteiger partial charge in [0.1, 0.15) is 5.82 Å². The minimum absolute atomic E-state index is 0.0949. The van der Waals surface area contributed by atoms with Crippen LogP contribution in [0.15, 0.2) is 29.2 Å². The van der Waals surface area contributed by atoms with Crippen molar-refractivity contribution in [2.24, 2.45) is 5.92 Å². The van der Waals surface area contributed by atoms with E-state index in [-0.39, 0.29) is 5.82 Å². The monoisotopic (exact) mass is 253 g/mol. The van der Waals surface area contributed by atoms with Crippen molar-refractivity contribution in [2.45, 2.75) is 37.1 Å². The lowest BCUT2D eigenvalue weighted by molar-refractivity contribution is 0.503. The molecule has 0 amide bonds. The molecule has 2 rings (SSSR count). The number of hydrogen-bond acceptors (Lipinski definition) is 2. The molecule has 1 aliphatic carbocycles. The van der Waals surface area contributed by atoms with Gasteiger partial charge in [0.25, 0.3) is 0 Å². The molecule has 1 unspecified atom stereocenters. The lowest BCUT2D eigenvalue weighted by Crippen LogP contribution is -2.33. The molecule has 17 heavy (non-hydrogen) atoms. The van der Waals surface area contributed by atoms with E-state index < -0.39 is 0 Å². The van der Waals surface area contributed by atoms with Gasteiger partial charge in [0.2, 0.25) is 0 Å². The molecule has 1 aliphatic rings. The van der Waals surface area contributed by atoms with Gasteiger partial charge in [-0.05, 0) is 43.9 Å². The summed E-state index contributed by atoms with van der Waals surface area (Å²) in [6, 6.07) is 7.60. The first-order valence-corrected chi connectivity index (χ1v) is 7.40. The first-order chi connectivity index (χ1) is 8.31. The fraction of sp³-hybridized carbons (Fsp3) is 0.571. The molecule has 1 aromatic carbocycles. The highest BCUT2D eigenvalue weighted by Gasteiger charge is 2.30. The van der Waals surface area contributed by atoms with Crippen LogP contribution < -0.4 is 5.32 Å². The summed E-state index contributed by atoms with van der Waals surface area (Å²) in [6.07, 6.45) is 3.83. The van der Waals surface area contributed by atoms with E-state index in [1.165, 1.54) is 18.9 Å². The number of halogens is 1. The fourth-order valence-electron chi connectivity index (χ4n) is 1.93. The summed E-state index contributed by atoms with van der Waals surface area (Å²) in [5.41, 5.74) is 0. The van der Waals surface area contributed by atoms with Crippen LogP contribution in [-0.2, 0) is 0 Å². The molecular formula is C14H20FNS. The Labute approximate surface area is 107 Å². The third-order valence-corrected chi connectivity index (χ3v) is 4.27. The van der Waals surface area contributed by atoms with Crippen LogP contribution >= 0.6 is 11.8 Å². The summed E-state index contributed by atoms with van der Waals surface area (Å²) >= 11 is 1.64. The summed E-state index contributed by atoms with van der Waals surface area (Å²) in [5, 5.41) is 3.58. The molecule has 1 aromatic rings. The molecule has 1 saturated carbocycles. The standard InChI is InChI=1S/C14H20FNS/c1-2-9-16-13(11-7-8-11)10-17-14-6-4-3-5-12(14)15/h3-6,11,13,16H,2,7-10H2,1H3. The van der Waals surface area contributed by atoms with Crippen LogP contribution in [-0.4, -0.2) is 18.3 Å². The van der Waals surface area contributed by atoms with Gasteiger partial charge in [-0.15, -0.1) is 11.8 Å². The highest BCUT2D eigenvalue weighted by atomic mass is 32.2. The van der Waals surface area contributed by atoms with Gasteiger partial charge in [0.05, 0.1) is 0 Å². The minimum atomic E-state index is -0.0949. The van der Waals surface area contributed by atoms with Crippen LogP contribution in [0.4, 0.5) is 4.39 Å². The van der Waals surface area contributed by atoms with Crippen LogP contribution in [0.2, 0.25) is 0 Å². The van der Waals surface area contributed by atoms with Crippen LogP contribution in [0.1, 0.15) is 26.2 Å². The topological polar surface area (TPSA) is 12.0 Å². The molecule has 3 heteroatoms. The molecule has 0 spiro atoms. The molecule has 0 aliphatic heterocycles. The smallest absolute Gasteiger partial charge is 0.136 e. The maximum Gasteiger partial charge on any atom is 0.136 e. The number of hydrogen-bond donors (Lipinski definition) is 1. The average molecular weight is 253 g/mol. The van der Waals surface area contributed by atoms with Gasteiger partial charge in [-0.2, -0.15) is 0 Å². The van der Waals surface area contributed by atoms with Crippen molar-refractivity contribution in [3.05, 3.63) is 30.1 Å². The van der Waals surface area contributed by atoms with Gasteiger partial charge in [-0.1, -0.05) is 19.1 Å². The van der Waals surface area contributed by atoms with E-state index in [0.717, 1.165) is 29.5 Å². The quantitative estimate of drug-likeness (QED) is 0.744. The van der Waals surface area contributed by atoms with Gasteiger partial charge in [0.15, 0.2) is 0 Å². The van der Waals surface area contributed by atoms with E-state index in [0.29, 0.717) is 6.04 Å². The summed E-state index contributed by atoms with van der Waals surface area (Å²) in [6.45, 7) is 3.25. The molecule has 1 fully saturated rings. The second-order valence-electron chi connectivity index (χ2n) is 4.64. The number of nitrogens with one attached hydrogen (secondary N) is 1. The van der Waals surface area contributed by atoms with Gasteiger partial charge < -0.3 is 5.32 Å². The molecule has 0 heterocycles. The van der Waals surface area contributed by atoms with Crippen molar-refractivity contribution in [3.8, 4) is 0 Å². The Bertz CT molecular complexity index is 352. The van der Waals surface area contributed by atoms with Crippen molar-refractivity contribution in [3.63, 3.8) is 0 Å². The Balaban J connectivity index is 1.84. The SMILES string of the molecule is CCCNC(CSc1ccccc1F)C1CC1. The van der Waals surface area contributed by atoms with Crippen LogP contribution in [0.5, 0.6) is 0 Å². The van der Waals surface area contributed by atoms with E-state index in [2.05, 4.69) is 12.2 Å². The van der Waals surface area contributed by atoms with Crippen LogP contribution in [0.3, 0.4) is 0 Å². The summed E-state index contributed by atoms with van der Waals surface area (Å²) < 4.78 is 13.5. The van der Waals surface area contributed by atoms with Crippen molar-refractivity contribution in [1.82, 2.24) is 5.32 Å². The maximum absolute atomic E-state index is 13.5. The molecular weight excluding hydrogens is 233 g/mol. The van der Waals surface area contributed by atoms with E-state index in [4.69, 9.17) is 0 Å². The third kappa shape index (κ3) is 4.00.